The summed E-state index contributed by atoms with van der Waals surface area (Å²) in [6.07, 6.45) is 2.77. The third-order valence-corrected chi connectivity index (χ3v) is 5.72. The van der Waals surface area contributed by atoms with Gasteiger partial charge < -0.3 is 14.3 Å². The Hall–Kier alpha value is -2.63. The molecule has 0 N–H and O–H groups in total. The van der Waals surface area contributed by atoms with Crippen molar-refractivity contribution in [3.8, 4) is 11.3 Å². The van der Waals surface area contributed by atoms with Crippen molar-refractivity contribution in [2.75, 3.05) is 19.6 Å². The first-order chi connectivity index (χ1) is 13.5. The lowest BCUT2D eigenvalue weighted by Gasteiger charge is -2.34. The van der Waals surface area contributed by atoms with E-state index >= 15 is 0 Å². The summed E-state index contributed by atoms with van der Waals surface area (Å²) in [4.78, 5) is 29.6. The molecule has 148 valence electrons. The molecule has 2 fully saturated rings. The summed E-state index contributed by atoms with van der Waals surface area (Å²) in [5.74, 6) is 1.11. The van der Waals surface area contributed by atoms with Crippen LogP contribution in [0.1, 0.15) is 43.7 Å². The average Bonchev–Trinajstić information content (AvgIpc) is 3.42. The van der Waals surface area contributed by atoms with Gasteiger partial charge in [0.2, 0.25) is 11.7 Å². The molecule has 0 spiro atoms. The minimum absolute atomic E-state index is 0.0380. The van der Waals surface area contributed by atoms with Crippen molar-refractivity contribution in [3.05, 3.63) is 42.2 Å². The molecule has 0 unspecified atom stereocenters. The fourth-order valence-electron chi connectivity index (χ4n) is 3.82. The molecule has 4 rings (SSSR count). The first-order valence-electron chi connectivity index (χ1n) is 10.1. The number of nitrogens with zero attached hydrogens (tertiary/aromatic N) is 3. The molecule has 28 heavy (non-hydrogen) atoms. The second-order valence-electron chi connectivity index (χ2n) is 8.24. The molecule has 1 atom stereocenters. The Labute approximate surface area is 165 Å². The Kier molecular flexibility index (Phi) is 5.20. The molecule has 2 amide bonds. The van der Waals surface area contributed by atoms with Crippen LogP contribution >= 0.6 is 0 Å². The minimum atomic E-state index is -0.193. The number of hydrogen-bond acceptors (Lipinski definition) is 4. The second-order valence-corrected chi connectivity index (χ2v) is 8.24. The standard InChI is InChI=1S/C22H27N3O3/c1-15(2)19-14-24(11-10-21(26)25(19)13-16-8-9-16)22(27)20-12-18(23-28-20)17-6-4-3-5-7-17/h3-7,12,15-16,19H,8-11,13-14H2,1-2H3/t19-/m0/s1. The van der Waals surface area contributed by atoms with Crippen LogP contribution in [0.5, 0.6) is 0 Å². The van der Waals surface area contributed by atoms with Gasteiger partial charge in [0.15, 0.2) is 0 Å². The number of aromatic nitrogens is 1. The molecule has 2 heterocycles. The predicted octanol–water partition coefficient (Wildman–Crippen LogP) is 3.45. The maximum Gasteiger partial charge on any atom is 0.292 e. The van der Waals surface area contributed by atoms with Crippen molar-refractivity contribution >= 4 is 11.8 Å². The van der Waals surface area contributed by atoms with Crippen molar-refractivity contribution in [3.63, 3.8) is 0 Å². The highest BCUT2D eigenvalue weighted by Crippen LogP contribution is 2.32. The van der Waals surface area contributed by atoms with Crippen LogP contribution in [0.15, 0.2) is 40.9 Å². The van der Waals surface area contributed by atoms with E-state index in [-0.39, 0.29) is 29.5 Å². The van der Waals surface area contributed by atoms with Crippen LogP contribution in [0, 0.1) is 11.8 Å². The van der Waals surface area contributed by atoms with E-state index in [2.05, 4.69) is 19.0 Å². The quantitative estimate of drug-likeness (QED) is 0.796. The van der Waals surface area contributed by atoms with E-state index in [1.807, 2.05) is 35.2 Å². The van der Waals surface area contributed by atoms with Crippen LogP contribution in [0.3, 0.4) is 0 Å². The zero-order chi connectivity index (χ0) is 19.7. The summed E-state index contributed by atoms with van der Waals surface area (Å²) in [5, 5.41) is 4.06. The summed E-state index contributed by atoms with van der Waals surface area (Å²) >= 11 is 0. The van der Waals surface area contributed by atoms with E-state index in [1.54, 1.807) is 11.0 Å². The number of benzene rings is 1. The largest absolute Gasteiger partial charge is 0.350 e. The lowest BCUT2D eigenvalue weighted by atomic mass is 10.0. The van der Waals surface area contributed by atoms with E-state index < -0.39 is 0 Å². The van der Waals surface area contributed by atoms with Crippen LogP contribution < -0.4 is 0 Å². The van der Waals surface area contributed by atoms with Gasteiger partial charge in [-0.2, -0.15) is 0 Å². The summed E-state index contributed by atoms with van der Waals surface area (Å²) in [6, 6.07) is 11.4. The highest BCUT2D eigenvalue weighted by atomic mass is 16.5. The zero-order valence-electron chi connectivity index (χ0n) is 16.5. The molecule has 1 aromatic heterocycles. The van der Waals surface area contributed by atoms with E-state index in [1.165, 1.54) is 12.8 Å². The molecule has 2 aliphatic rings. The Bertz CT molecular complexity index is 842. The normalized spacial score (nSPS) is 20.5. The lowest BCUT2D eigenvalue weighted by molar-refractivity contribution is -0.133. The van der Waals surface area contributed by atoms with Gasteiger partial charge in [0.1, 0.15) is 5.69 Å². The fraction of sp³-hybridized carbons (Fsp3) is 0.500. The summed E-state index contributed by atoms with van der Waals surface area (Å²) < 4.78 is 5.36. The molecule has 6 nitrogen and oxygen atoms in total. The third-order valence-electron chi connectivity index (χ3n) is 5.72. The van der Waals surface area contributed by atoms with Gasteiger partial charge in [-0.05, 0) is 24.7 Å². The molecule has 1 aromatic carbocycles. The van der Waals surface area contributed by atoms with Gasteiger partial charge in [-0.25, -0.2) is 0 Å². The van der Waals surface area contributed by atoms with E-state index in [0.717, 1.165) is 12.1 Å². The van der Waals surface area contributed by atoms with Crippen molar-refractivity contribution in [1.82, 2.24) is 15.0 Å². The predicted molar refractivity (Wildman–Crippen MR) is 106 cm³/mol. The van der Waals surface area contributed by atoms with Crippen LogP contribution in [-0.2, 0) is 4.79 Å². The van der Waals surface area contributed by atoms with Gasteiger partial charge in [-0.3, -0.25) is 9.59 Å². The SMILES string of the molecule is CC(C)[C@@H]1CN(C(=O)c2cc(-c3ccccc3)no2)CCC(=O)N1CC1CC1. The second kappa shape index (κ2) is 7.78. The monoisotopic (exact) mass is 381 g/mol. The number of carbonyl (C=O) groups excluding carboxylic acids is 2. The van der Waals surface area contributed by atoms with E-state index in [9.17, 15) is 9.59 Å². The van der Waals surface area contributed by atoms with Crippen LogP contribution in [0.2, 0.25) is 0 Å². The number of hydrogen-bond donors (Lipinski definition) is 0. The molecule has 0 radical (unpaired) electrons. The summed E-state index contributed by atoms with van der Waals surface area (Å²) in [7, 11) is 0. The van der Waals surface area contributed by atoms with Gasteiger partial charge in [0.25, 0.3) is 5.91 Å². The molecular formula is C22H27N3O3. The Morgan fingerprint density at radius 2 is 2.00 bits per heavy atom. The zero-order valence-corrected chi connectivity index (χ0v) is 16.5. The maximum absolute atomic E-state index is 13.1. The molecule has 1 aliphatic heterocycles. The van der Waals surface area contributed by atoms with E-state index in [4.69, 9.17) is 4.52 Å². The Morgan fingerprint density at radius 3 is 2.68 bits per heavy atom. The average molecular weight is 381 g/mol. The number of amides is 2. The third kappa shape index (κ3) is 3.96. The molecule has 1 saturated carbocycles. The fourth-order valence-corrected chi connectivity index (χ4v) is 3.82. The van der Waals surface area contributed by atoms with Gasteiger partial charge in [0.05, 0.1) is 6.04 Å². The molecule has 0 bridgehead atoms. The minimum Gasteiger partial charge on any atom is -0.350 e. The molecule has 2 aromatic rings. The first kappa shape index (κ1) is 18.7. The molecule has 6 heteroatoms. The summed E-state index contributed by atoms with van der Waals surface area (Å²) in [5.41, 5.74) is 1.55. The lowest BCUT2D eigenvalue weighted by Crippen LogP contribution is -2.48. The molecule has 1 saturated heterocycles. The van der Waals surface area contributed by atoms with Crippen LogP contribution in [0.4, 0.5) is 0 Å². The van der Waals surface area contributed by atoms with Gasteiger partial charge in [-0.1, -0.05) is 49.3 Å². The smallest absolute Gasteiger partial charge is 0.292 e. The van der Waals surface area contributed by atoms with Crippen molar-refractivity contribution in [2.45, 2.75) is 39.2 Å². The van der Waals surface area contributed by atoms with Gasteiger partial charge in [0, 0.05) is 37.7 Å². The van der Waals surface area contributed by atoms with E-state index in [0.29, 0.717) is 31.1 Å². The first-order valence-corrected chi connectivity index (χ1v) is 10.1. The Balaban J connectivity index is 1.52. The highest BCUT2D eigenvalue weighted by Gasteiger charge is 2.37. The van der Waals surface area contributed by atoms with Crippen LogP contribution in [-0.4, -0.2) is 52.4 Å². The molecule has 1 aliphatic carbocycles. The van der Waals surface area contributed by atoms with Crippen LogP contribution in [0.25, 0.3) is 11.3 Å². The Morgan fingerprint density at radius 1 is 1.25 bits per heavy atom. The highest BCUT2D eigenvalue weighted by molar-refractivity contribution is 5.93. The number of rotatable bonds is 5. The molecular weight excluding hydrogens is 354 g/mol. The van der Waals surface area contributed by atoms with Gasteiger partial charge in [-0.15, -0.1) is 0 Å². The maximum atomic E-state index is 13.1. The van der Waals surface area contributed by atoms with Crippen molar-refractivity contribution in [1.29, 1.82) is 0 Å². The number of carbonyl (C=O) groups is 2. The topological polar surface area (TPSA) is 66.7 Å². The van der Waals surface area contributed by atoms with Crippen molar-refractivity contribution < 1.29 is 14.1 Å². The van der Waals surface area contributed by atoms with Gasteiger partial charge >= 0.3 is 0 Å². The summed E-state index contributed by atoms with van der Waals surface area (Å²) in [6.45, 7) is 6.02. The van der Waals surface area contributed by atoms with Crippen molar-refractivity contribution in [2.24, 2.45) is 11.8 Å².